The van der Waals surface area contributed by atoms with Crippen LogP contribution < -0.4 is 10.1 Å². The van der Waals surface area contributed by atoms with Gasteiger partial charge in [0, 0.05) is 23.2 Å². The molecular formula is C15H14F3NOS. The molecule has 2 nitrogen and oxygen atoms in total. The Morgan fingerprint density at radius 1 is 1.10 bits per heavy atom. The Hall–Kier alpha value is -1.82. The van der Waals surface area contributed by atoms with Crippen molar-refractivity contribution < 1.29 is 17.9 Å². The Labute approximate surface area is 125 Å². The number of hydrogen-bond acceptors (Lipinski definition) is 3. The smallest absolute Gasteiger partial charge is 0.446 e. The lowest BCUT2D eigenvalue weighted by molar-refractivity contribution is -0.0328. The van der Waals surface area contributed by atoms with Crippen molar-refractivity contribution in [1.29, 1.82) is 0 Å². The maximum Gasteiger partial charge on any atom is 0.446 e. The number of ether oxygens (including phenoxy) is 1. The van der Waals surface area contributed by atoms with Gasteiger partial charge in [0.15, 0.2) is 0 Å². The van der Waals surface area contributed by atoms with Crippen LogP contribution in [0.4, 0.5) is 18.9 Å². The van der Waals surface area contributed by atoms with E-state index in [4.69, 9.17) is 4.74 Å². The topological polar surface area (TPSA) is 21.3 Å². The van der Waals surface area contributed by atoms with Gasteiger partial charge in [-0.25, -0.2) is 0 Å². The molecule has 0 spiro atoms. The van der Waals surface area contributed by atoms with Crippen LogP contribution in [-0.4, -0.2) is 12.6 Å². The number of methoxy groups -OCH3 is 1. The minimum Gasteiger partial charge on any atom is -0.497 e. The molecule has 112 valence electrons. The first-order valence-corrected chi connectivity index (χ1v) is 7.00. The largest absolute Gasteiger partial charge is 0.497 e. The van der Waals surface area contributed by atoms with Gasteiger partial charge in [-0.2, -0.15) is 13.2 Å². The summed E-state index contributed by atoms with van der Waals surface area (Å²) in [5, 5.41) is 3.19. The predicted molar refractivity (Wildman–Crippen MR) is 78.7 cm³/mol. The van der Waals surface area contributed by atoms with Crippen molar-refractivity contribution in [3.63, 3.8) is 0 Å². The zero-order chi connectivity index (χ0) is 15.3. The second-order valence-electron chi connectivity index (χ2n) is 4.28. The first-order valence-electron chi connectivity index (χ1n) is 6.19. The van der Waals surface area contributed by atoms with E-state index in [0.29, 0.717) is 6.54 Å². The van der Waals surface area contributed by atoms with E-state index in [9.17, 15) is 13.2 Å². The second kappa shape index (κ2) is 6.76. The van der Waals surface area contributed by atoms with E-state index in [0.717, 1.165) is 17.0 Å². The van der Waals surface area contributed by atoms with Crippen LogP contribution in [0.1, 0.15) is 5.56 Å². The second-order valence-corrected chi connectivity index (χ2v) is 5.42. The van der Waals surface area contributed by atoms with E-state index in [1.54, 1.807) is 19.2 Å². The lowest BCUT2D eigenvalue weighted by Gasteiger charge is -2.09. The summed E-state index contributed by atoms with van der Waals surface area (Å²) >= 11 is -0.108. The van der Waals surface area contributed by atoms with E-state index in [-0.39, 0.29) is 16.7 Å². The Kier molecular flexibility index (Phi) is 5.01. The molecule has 2 aromatic rings. The molecule has 2 aromatic carbocycles. The third-order valence-electron chi connectivity index (χ3n) is 2.72. The van der Waals surface area contributed by atoms with Crippen molar-refractivity contribution in [3.8, 4) is 5.75 Å². The first kappa shape index (κ1) is 15.6. The summed E-state index contributed by atoms with van der Waals surface area (Å²) in [7, 11) is 1.59. The molecule has 0 fully saturated rings. The van der Waals surface area contributed by atoms with Gasteiger partial charge in [0.1, 0.15) is 5.75 Å². The Bertz CT molecular complexity index is 584. The number of halogens is 3. The van der Waals surface area contributed by atoms with Gasteiger partial charge >= 0.3 is 5.51 Å². The normalized spacial score (nSPS) is 11.2. The molecule has 0 aromatic heterocycles. The van der Waals surface area contributed by atoms with Gasteiger partial charge < -0.3 is 10.1 Å². The van der Waals surface area contributed by atoms with Crippen molar-refractivity contribution in [2.24, 2.45) is 0 Å². The SMILES string of the molecule is COc1cccc(NCc2ccc(SC(F)(F)F)cc2)c1. The highest BCUT2D eigenvalue weighted by atomic mass is 32.2. The Balaban J connectivity index is 1.94. The van der Waals surface area contributed by atoms with Crippen molar-refractivity contribution in [1.82, 2.24) is 0 Å². The molecule has 0 bridgehead atoms. The zero-order valence-electron chi connectivity index (χ0n) is 11.3. The molecule has 21 heavy (non-hydrogen) atoms. The minimum atomic E-state index is -4.25. The fraction of sp³-hybridized carbons (Fsp3) is 0.200. The summed E-state index contributed by atoms with van der Waals surface area (Å²) in [6, 6.07) is 13.8. The van der Waals surface area contributed by atoms with E-state index < -0.39 is 5.51 Å². The molecule has 0 radical (unpaired) electrons. The molecule has 0 amide bonds. The van der Waals surface area contributed by atoms with Crippen LogP contribution in [0.5, 0.6) is 5.75 Å². The summed E-state index contributed by atoms with van der Waals surface area (Å²) in [6.45, 7) is 0.532. The lowest BCUT2D eigenvalue weighted by atomic mass is 10.2. The van der Waals surface area contributed by atoms with Crippen molar-refractivity contribution in [3.05, 3.63) is 54.1 Å². The Morgan fingerprint density at radius 3 is 2.43 bits per heavy atom. The van der Waals surface area contributed by atoms with Crippen molar-refractivity contribution in [2.75, 3.05) is 12.4 Å². The molecule has 0 aliphatic heterocycles. The highest BCUT2D eigenvalue weighted by Crippen LogP contribution is 2.36. The maximum absolute atomic E-state index is 12.2. The fourth-order valence-electron chi connectivity index (χ4n) is 1.75. The molecule has 1 N–H and O–H groups in total. The van der Waals surface area contributed by atoms with Gasteiger partial charge in [0.25, 0.3) is 0 Å². The lowest BCUT2D eigenvalue weighted by Crippen LogP contribution is -2.01. The number of benzene rings is 2. The third-order valence-corrected chi connectivity index (χ3v) is 3.46. The van der Waals surface area contributed by atoms with Gasteiger partial charge in [-0.3, -0.25) is 0 Å². The highest BCUT2D eigenvalue weighted by Gasteiger charge is 2.28. The van der Waals surface area contributed by atoms with Crippen LogP contribution in [0.15, 0.2) is 53.4 Å². The summed E-state index contributed by atoms with van der Waals surface area (Å²) in [5.74, 6) is 0.747. The van der Waals surface area contributed by atoms with E-state index in [2.05, 4.69) is 5.32 Å². The Morgan fingerprint density at radius 2 is 1.81 bits per heavy atom. The van der Waals surface area contributed by atoms with Gasteiger partial charge in [-0.05, 0) is 41.6 Å². The summed E-state index contributed by atoms with van der Waals surface area (Å²) < 4.78 is 41.8. The molecule has 0 heterocycles. The molecule has 0 unspecified atom stereocenters. The fourth-order valence-corrected chi connectivity index (χ4v) is 2.29. The minimum absolute atomic E-state index is 0.108. The summed E-state index contributed by atoms with van der Waals surface area (Å²) in [5.41, 5.74) is -2.45. The van der Waals surface area contributed by atoms with E-state index in [1.165, 1.54) is 12.1 Å². The van der Waals surface area contributed by atoms with Crippen molar-refractivity contribution >= 4 is 17.4 Å². The number of alkyl halides is 3. The summed E-state index contributed by atoms with van der Waals surface area (Å²) in [6.07, 6.45) is 0. The zero-order valence-corrected chi connectivity index (χ0v) is 12.1. The van der Waals surface area contributed by atoms with Gasteiger partial charge in [0.2, 0.25) is 0 Å². The van der Waals surface area contributed by atoms with E-state index >= 15 is 0 Å². The van der Waals surface area contributed by atoms with Crippen LogP contribution in [0.3, 0.4) is 0 Å². The van der Waals surface area contributed by atoms with Crippen LogP contribution in [0.25, 0.3) is 0 Å². The quantitative estimate of drug-likeness (QED) is 0.792. The number of rotatable bonds is 5. The molecule has 0 saturated heterocycles. The number of hydrogen-bond donors (Lipinski definition) is 1. The monoisotopic (exact) mass is 313 g/mol. The van der Waals surface area contributed by atoms with Crippen molar-refractivity contribution in [2.45, 2.75) is 16.9 Å². The summed E-state index contributed by atoms with van der Waals surface area (Å²) in [4.78, 5) is 0.188. The molecule has 6 heteroatoms. The van der Waals surface area contributed by atoms with Crippen LogP contribution in [0, 0.1) is 0 Å². The van der Waals surface area contributed by atoms with Crippen LogP contribution >= 0.6 is 11.8 Å². The molecular weight excluding hydrogens is 299 g/mol. The number of nitrogens with one attached hydrogen (secondary N) is 1. The number of anilines is 1. The predicted octanol–water partition coefficient (Wildman–Crippen LogP) is 4.92. The van der Waals surface area contributed by atoms with Gasteiger partial charge in [-0.15, -0.1) is 0 Å². The number of thioether (sulfide) groups is 1. The molecule has 0 atom stereocenters. The average molecular weight is 313 g/mol. The van der Waals surface area contributed by atoms with Crippen LogP contribution in [0.2, 0.25) is 0 Å². The van der Waals surface area contributed by atoms with Gasteiger partial charge in [-0.1, -0.05) is 18.2 Å². The van der Waals surface area contributed by atoms with Gasteiger partial charge in [0.05, 0.1) is 7.11 Å². The molecule has 0 saturated carbocycles. The van der Waals surface area contributed by atoms with Crippen LogP contribution in [-0.2, 0) is 6.54 Å². The molecule has 0 aliphatic carbocycles. The first-order chi connectivity index (χ1) is 9.96. The average Bonchev–Trinajstić information content (AvgIpc) is 2.45. The third kappa shape index (κ3) is 5.23. The standard InChI is InChI=1S/C15H14F3NOS/c1-20-13-4-2-3-12(9-13)19-10-11-5-7-14(8-6-11)21-15(16,17)18/h2-9,19H,10H2,1H3. The van der Waals surface area contributed by atoms with E-state index in [1.807, 2.05) is 24.3 Å². The molecule has 2 rings (SSSR count). The maximum atomic E-state index is 12.2. The molecule has 0 aliphatic rings. The highest BCUT2D eigenvalue weighted by molar-refractivity contribution is 8.00.